The van der Waals surface area contributed by atoms with E-state index in [1.165, 1.54) is 0 Å². The molecule has 1 saturated heterocycles. The van der Waals surface area contributed by atoms with E-state index in [0.717, 1.165) is 18.8 Å². The topological polar surface area (TPSA) is 63.5 Å². The van der Waals surface area contributed by atoms with Gasteiger partial charge in [0.1, 0.15) is 11.5 Å². The van der Waals surface area contributed by atoms with Crippen LogP contribution in [0.4, 0.5) is 0 Å². The predicted molar refractivity (Wildman–Crippen MR) is 63.1 cm³/mol. The Balaban J connectivity index is 2.04. The molecule has 0 aromatic carbocycles. The molecular formula is C12H18N2O3. The Morgan fingerprint density at radius 2 is 2.29 bits per heavy atom. The van der Waals surface area contributed by atoms with Gasteiger partial charge in [-0.05, 0) is 19.9 Å². The molecular weight excluding hydrogens is 220 g/mol. The Kier molecular flexibility index (Phi) is 3.49. The zero-order valence-corrected chi connectivity index (χ0v) is 10.4. The highest BCUT2D eigenvalue weighted by Crippen LogP contribution is 2.14. The number of carbonyl (C=O) groups is 1. The van der Waals surface area contributed by atoms with Crippen molar-refractivity contribution in [1.82, 2.24) is 10.6 Å². The lowest BCUT2D eigenvalue weighted by molar-refractivity contribution is 0.0779. The van der Waals surface area contributed by atoms with Gasteiger partial charge >= 0.3 is 0 Å². The fourth-order valence-corrected chi connectivity index (χ4v) is 2.15. The lowest BCUT2D eigenvalue weighted by atomic mass is 10.1. The number of nitrogens with one attached hydrogen (secondary N) is 2. The summed E-state index contributed by atoms with van der Waals surface area (Å²) in [5.74, 6) is 1.30. The summed E-state index contributed by atoms with van der Waals surface area (Å²) in [5.41, 5.74) is 0.601. The average Bonchev–Trinajstić information content (AvgIpc) is 2.84. The minimum Gasteiger partial charge on any atom is -0.466 e. The molecule has 1 aromatic rings. The van der Waals surface area contributed by atoms with Crippen molar-refractivity contribution in [3.8, 4) is 0 Å². The Labute approximate surface area is 101 Å². The van der Waals surface area contributed by atoms with Crippen molar-refractivity contribution in [3.05, 3.63) is 23.2 Å². The summed E-state index contributed by atoms with van der Waals surface area (Å²) >= 11 is 0. The molecule has 2 atom stereocenters. The standard InChI is InChI=1S/C12H18N2O3/c1-7-4-9(8(2)17-7)12(15)14-10-5-13-6-11(10)16-3/h4,10-11,13H,5-6H2,1-3H3,(H,14,15)/t10?,11-/m0/s1. The summed E-state index contributed by atoms with van der Waals surface area (Å²) in [5, 5.41) is 6.15. The highest BCUT2D eigenvalue weighted by molar-refractivity contribution is 5.95. The third kappa shape index (κ3) is 2.50. The maximum Gasteiger partial charge on any atom is 0.255 e. The number of hydrogen-bond acceptors (Lipinski definition) is 4. The molecule has 1 amide bonds. The Morgan fingerprint density at radius 1 is 1.53 bits per heavy atom. The minimum atomic E-state index is -0.102. The molecule has 1 fully saturated rings. The number of ether oxygens (including phenoxy) is 1. The molecule has 1 unspecified atom stereocenters. The van der Waals surface area contributed by atoms with Crippen molar-refractivity contribution >= 4 is 5.91 Å². The second-order valence-electron chi connectivity index (χ2n) is 4.34. The van der Waals surface area contributed by atoms with Crippen LogP contribution >= 0.6 is 0 Å². The van der Waals surface area contributed by atoms with Gasteiger partial charge < -0.3 is 19.8 Å². The van der Waals surface area contributed by atoms with Crippen molar-refractivity contribution in [1.29, 1.82) is 0 Å². The molecule has 1 aliphatic heterocycles. The molecule has 2 N–H and O–H groups in total. The van der Waals surface area contributed by atoms with Gasteiger partial charge in [-0.15, -0.1) is 0 Å². The largest absolute Gasteiger partial charge is 0.466 e. The van der Waals surface area contributed by atoms with Crippen LogP contribution in [0.2, 0.25) is 0 Å². The van der Waals surface area contributed by atoms with E-state index >= 15 is 0 Å². The van der Waals surface area contributed by atoms with Gasteiger partial charge in [0.15, 0.2) is 0 Å². The number of aryl methyl sites for hydroxylation is 2. The number of methoxy groups -OCH3 is 1. The molecule has 0 spiro atoms. The molecule has 1 aromatic heterocycles. The molecule has 17 heavy (non-hydrogen) atoms. The van der Waals surface area contributed by atoms with E-state index in [4.69, 9.17) is 9.15 Å². The third-order valence-electron chi connectivity index (χ3n) is 3.06. The van der Waals surface area contributed by atoms with E-state index in [1.807, 2.05) is 6.92 Å². The highest BCUT2D eigenvalue weighted by Gasteiger charge is 2.29. The molecule has 0 saturated carbocycles. The molecule has 2 rings (SSSR count). The van der Waals surface area contributed by atoms with E-state index < -0.39 is 0 Å². The first-order chi connectivity index (χ1) is 8.11. The molecule has 1 aliphatic rings. The van der Waals surface area contributed by atoms with Gasteiger partial charge in [0.2, 0.25) is 0 Å². The van der Waals surface area contributed by atoms with Crippen LogP contribution < -0.4 is 10.6 Å². The van der Waals surface area contributed by atoms with Crippen molar-refractivity contribution in [3.63, 3.8) is 0 Å². The highest BCUT2D eigenvalue weighted by atomic mass is 16.5. The third-order valence-corrected chi connectivity index (χ3v) is 3.06. The smallest absolute Gasteiger partial charge is 0.255 e. The van der Waals surface area contributed by atoms with Gasteiger partial charge in [-0.1, -0.05) is 0 Å². The zero-order chi connectivity index (χ0) is 12.4. The maximum absolute atomic E-state index is 12.0. The van der Waals surface area contributed by atoms with E-state index in [9.17, 15) is 4.79 Å². The summed E-state index contributed by atoms with van der Waals surface area (Å²) in [6, 6.07) is 1.77. The van der Waals surface area contributed by atoms with Crippen molar-refractivity contribution in [2.24, 2.45) is 0 Å². The van der Waals surface area contributed by atoms with Gasteiger partial charge in [0.25, 0.3) is 5.91 Å². The van der Waals surface area contributed by atoms with Gasteiger partial charge in [-0.3, -0.25) is 4.79 Å². The number of amides is 1. The van der Waals surface area contributed by atoms with Crippen LogP contribution in [0.15, 0.2) is 10.5 Å². The van der Waals surface area contributed by atoms with Gasteiger partial charge in [0.05, 0.1) is 17.7 Å². The normalized spacial score (nSPS) is 23.9. The predicted octanol–water partition coefficient (Wildman–Crippen LogP) is 0.613. The first-order valence-corrected chi connectivity index (χ1v) is 5.73. The van der Waals surface area contributed by atoms with Crippen LogP contribution in [0.3, 0.4) is 0 Å². The number of furan rings is 1. The van der Waals surface area contributed by atoms with Crippen LogP contribution in [0.25, 0.3) is 0 Å². The summed E-state index contributed by atoms with van der Waals surface area (Å²) in [6.07, 6.45) is 0.0345. The second kappa shape index (κ2) is 4.89. The van der Waals surface area contributed by atoms with Crippen molar-refractivity contribution < 1.29 is 13.9 Å². The van der Waals surface area contributed by atoms with E-state index in [0.29, 0.717) is 11.3 Å². The van der Waals surface area contributed by atoms with Gasteiger partial charge in [-0.2, -0.15) is 0 Å². The second-order valence-corrected chi connectivity index (χ2v) is 4.34. The van der Waals surface area contributed by atoms with Gasteiger partial charge in [0, 0.05) is 20.2 Å². The molecule has 5 heteroatoms. The van der Waals surface area contributed by atoms with Crippen LogP contribution in [0, 0.1) is 13.8 Å². The molecule has 0 radical (unpaired) electrons. The minimum absolute atomic E-state index is 0.0158. The number of hydrogen-bond donors (Lipinski definition) is 2. The van der Waals surface area contributed by atoms with Crippen LogP contribution in [0.1, 0.15) is 21.9 Å². The van der Waals surface area contributed by atoms with Crippen molar-refractivity contribution in [2.45, 2.75) is 26.0 Å². The quantitative estimate of drug-likeness (QED) is 0.810. The lowest BCUT2D eigenvalue weighted by Gasteiger charge is -2.18. The summed E-state index contributed by atoms with van der Waals surface area (Å²) in [6.45, 7) is 5.13. The van der Waals surface area contributed by atoms with E-state index in [1.54, 1.807) is 20.1 Å². The lowest BCUT2D eigenvalue weighted by Crippen LogP contribution is -2.43. The number of carbonyl (C=O) groups excluding carboxylic acids is 1. The van der Waals surface area contributed by atoms with Crippen LogP contribution in [-0.2, 0) is 4.74 Å². The Hall–Kier alpha value is -1.33. The van der Waals surface area contributed by atoms with E-state index in [2.05, 4.69) is 10.6 Å². The number of rotatable bonds is 3. The van der Waals surface area contributed by atoms with Gasteiger partial charge in [-0.25, -0.2) is 0 Å². The molecule has 5 nitrogen and oxygen atoms in total. The summed E-state index contributed by atoms with van der Waals surface area (Å²) in [4.78, 5) is 12.0. The SMILES string of the molecule is CO[C@H]1CNCC1NC(=O)c1cc(C)oc1C. The average molecular weight is 238 g/mol. The molecule has 2 heterocycles. The summed E-state index contributed by atoms with van der Waals surface area (Å²) < 4.78 is 10.6. The molecule has 94 valence electrons. The van der Waals surface area contributed by atoms with Crippen molar-refractivity contribution in [2.75, 3.05) is 20.2 Å². The monoisotopic (exact) mass is 238 g/mol. The fourth-order valence-electron chi connectivity index (χ4n) is 2.15. The van der Waals surface area contributed by atoms with E-state index in [-0.39, 0.29) is 18.1 Å². The van der Waals surface area contributed by atoms with Crippen LogP contribution in [0.5, 0.6) is 0 Å². The zero-order valence-electron chi connectivity index (χ0n) is 10.4. The first-order valence-electron chi connectivity index (χ1n) is 5.73. The first kappa shape index (κ1) is 12.1. The van der Waals surface area contributed by atoms with Crippen LogP contribution in [-0.4, -0.2) is 38.3 Å². The molecule has 0 bridgehead atoms. The molecule has 0 aliphatic carbocycles. The fraction of sp³-hybridized carbons (Fsp3) is 0.583. The Bertz CT molecular complexity index is 414. The Morgan fingerprint density at radius 3 is 2.88 bits per heavy atom. The summed E-state index contributed by atoms with van der Waals surface area (Å²) in [7, 11) is 1.66. The maximum atomic E-state index is 12.0.